The molecule has 26 heavy (non-hydrogen) atoms. The van der Waals surface area contributed by atoms with Crippen molar-refractivity contribution in [1.82, 2.24) is 0 Å². The highest BCUT2D eigenvalue weighted by Crippen LogP contribution is 2.38. The van der Waals surface area contributed by atoms with Crippen molar-refractivity contribution in [1.29, 1.82) is 0 Å². The Morgan fingerprint density at radius 3 is 1.35 bits per heavy atom. The van der Waals surface area contributed by atoms with Gasteiger partial charge in [-0.05, 0) is 30.3 Å². The molecule has 0 aliphatic rings. The summed E-state index contributed by atoms with van der Waals surface area (Å²) in [6.45, 7) is 0. The molecule has 0 saturated heterocycles. The van der Waals surface area contributed by atoms with Crippen molar-refractivity contribution in [3.8, 4) is 0 Å². The van der Waals surface area contributed by atoms with Gasteiger partial charge in [-0.15, -0.1) is 0 Å². The molecule has 0 heterocycles. The molecule has 0 fully saturated rings. The SMILES string of the molecule is O=[N+]([O-])c1cc([N+](=O)[O-])c(Nc2ccccc2)cc1Nc1ccccc1. The molecule has 0 radical (unpaired) electrons. The van der Waals surface area contributed by atoms with E-state index in [-0.39, 0.29) is 22.7 Å². The fourth-order valence-corrected chi connectivity index (χ4v) is 2.43. The first kappa shape index (κ1) is 16.9. The van der Waals surface area contributed by atoms with Crippen LogP contribution in [0.25, 0.3) is 0 Å². The van der Waals surface area contributed by atoms with Gasteiger partial charge >= 0.3 is 0 Å². The van der Waals surface area contributed by atoms with Crippen LogP contribution in [-0.4, -0.2) is 9.85 Å². The fourth-order valence-electron chi connectivity index (χ4n) is 2.43. The highest BCUT2D eigenvalue weighted by atomic mass is 16.6. The minimum Gasteiger partial charge on any atom is -0.350 e. The van der Waals surface area contributed by atoms with E-state index in [2.05, 4.69) is 10.6 Å². The number of anilines is 4. The fraction of sp³-hybridized carbons (Fsp3) is 0. The second-order valence-corrected chi connectivity index (χ2v) is 5.38. The zero-order chi connectivity index (χ0) is 18.5. The largest absolute Gasteiger partial charge is 0.350 e. The van der Waals surface area contributed by atoms with Crippen molar-refractivity contribution in [3.63, 3.8) is 0 Å². The third-order valence-electron chi connectivity index (χ3n) is 3.61. The number of rotatable bonds is 6. The standard InChI is InChI=1S/C18H14N4O4/c23-21(24)17-12-18(22(25)26)16(20-14-9-5-2-6-10-14)11-15(17)19-13-7-3-1-4-8-13/h1-12,19-20H. The molecule has 0 aliphatic carbocycles. The van der Waals surface area contributed by atoms with Gasteiger partial charge in [-0.1, -0.05) is 36.4 Å². The molecule has 8 nitrogen and oxygen atoms in total. The summed E-state index contributed by atoms with van der Waals surface area (Å²) in [4.78, 5) is 21.5. The smallest absolute Gasteiger partial charge is 0.299 e. The topological polar surface area (TPSA) is 110 Å². The van der Waals surface area contributed by atoms with Gasteiger partial charge in [0.15, 0.2) is 0 Å². The molecule has 0 aliphatic heterocycles. The number of nitrogens with one attached hydrogen (secondary N) is 2. The lowest BCUT2D eigenvalue weighted by Gasteiger charge is -2.11. The zero-order valence-electron chi connectivity index (χ0n) is 13.5. The molecule has 8 heteroatoms. The zero-order valence-corrected chi connectivity index (χ0v) is 13.5. The maximum Gasteiger partial charge on any atom is 0.299 e. The normalized spacial score (nSPS) is 10.2. The van der Waals surface area contributed by atoms with E-state index in [1.807, 2.05) is 12.1 Å². The van der Waals surface area contributed by atoms with Crippen LogP contribution in [0.2, 0.25) is 0 Å². The first-order chi connectivity index (χ1) is 12.5. The highest BCUT2D eigenvalue weighted by molar-refractivity contribution is 5.82. The molecule has 0 aromatic heterocycles. The first-order valence-electron chi connectivity index (χ1n) is 7.65. The summed E-state index contributed by atoms with van der Waals surface area (Å²) in [5, 5.41) is 28.6. The number of para-hydroxylation sites is 2. The van der Waals surface area contributed by atoms with Crippen LogP contribution in [0, 0.1) is 20.2 Å². The van der Waals surface area contributed by atoms with Gasteiger partial charge in [-0.2, -0.15) is 0 Å². The molecule has 0 saturated carbocycles. The lowest BCUT2D eigenvalue weighted by atomic mass is 10.2. The number of nitro groups is 2. The summed E-state index contributed by atoms with van der Waals surface area (Å²) in [5.41, 5.74) is 0.832. The lowest BCUT2D eigenvalue weighted by Crippen LogP contribution is -2.02. The Bertz CT molecular complexity index is 871. The number of nitro benzene ring substituents is 2. The molecule has 3 aromatic carbocycles. The monoisotopic (exact) mass is 350 g/mol. The van der Waals surface area contributed by atoms with Crippen molar-refractivity contribution in [3.05, 3.63) is 93.0 Å². The van der Waals surface area contributed by atoms with Crippen molar-refractivity contribution in [2.45, 2.75) is 0 Å². The maximum absolute atomic E-state index is 11.4. The van der Waals surface area contributed by atoms with E-state index in [4.69, 9.17) is 0 Å². The van der Waals surface area contributed by atoms with Crippen LogP contribution in [0.3, 0.4) is 0 Å². The van der Waals surface area contributed by atoms with Gasteiger partial charge in [-0.3, -0.25) is 20.2 Å². The average Bonchev–Trinajstić information content (AvgIpc) is 2.63. The van der Waals surface area contributed by atoms with Crippen LogP contribution in [0.5, 0.6) is 0 Å². The molecule has 3 rings (SSSR count). The summed E-state index contributed by atoms with van der Waals surface area (Å²) < 4.78 is 0. The molecular formula is C18H14N4O4. The van der Waals surface area contributed by atoms with E-state index in [0.717, 1.165) is 6.07 Å². The van der Waals surface area contributed by atoms with E-state index in [1.165, 1.54) is 6.07 Å². The number of benzene rings is 3. The van der Waals surface area contributed by atoms with Crippen molar-refractivity contribution < 1.29 is 9.85 Å². The second kappa shape index (κ2) is 7.31. The molecule has 0 bridgehead atoms. The predicted molar refractivity (Wildman–Crippen MR) is 99.2 cm³/mol. The van der Waals surface area contributed by atoms with Crippen molar-refractivity contribution in [2.24, 2.45) is 0 Å². The average molecular weight is 350 g/mol. The van der Waals surface area contributed by atoms with Crippen LogP contribution in [0.1, 0.15) is 0 Å². The third-order valence-corrected chi connectivity index (χ3v) is 3.61. The van der Waals surface area contributed by atoms with Gasteiger partial charge in [-0.25, -0.2) is 0 Å². The molecule has 0 atom stereocenters. The van der Waals surface area contributed by atoms with E-state index in [0.29, 0.717) is 11.4 Å². The van der Waals surface area contributed by atoms with Crippen LogP contribution < -0.4 is 10.6 Å². The number of hydrogen-bond acceptors (Lipinski definition) is 6. The Morgan fingerprint density at radius 1 is 0.615 bits per heavy atom. The summed E-state index contributed by atoms with van der Waals surface area (Å²) in [6, 6.07) is 20.1. The summed E-state index contributed by atoms with van der Waals surface area (Å²) in [5.74, 6) is 0. The van der Waals surface area contributed by atoms with Gasteiger partial charge in [0.05, 0.1) is 15.9 Å². The molecule has 3 aromatic rings. The van der Waals surface area contributed by atoms with Gasteiger partial charge in [0.25, 0.3) is 11.4 Å². The Kier molecular flexibility index (Phi) is 4.75. The van der Waals surface area contributed by atoms with E-state index >= 15 is 0 Å². The summed E-state index contributed by atoms with van der Waals surface area (Å²) >= 11 is 0. The Labute approximate surface area is 148 Å². The Hall–Kier alpha value is -3.94. The molecule has 0 spiro atoms. The van der Waals surface area contributed by atoms with Crippen LogP contribution in [-0.2, 0) is 0 Å². The van der Waals surface area contributed by atoms with Gasteiger partial charge in [0, 0.05) is 11.4 Å². The van der Waals surface area contributed by atoms with Gasteiger partial charge < -0.3 is 10.6 Å². The minimum absolute atomic E-state index is 0.158. The first-order valence-corrected chi connectivity index (χ1v) is 7.65. The Balaban J connectivity index is 2.08. The molecule has 0 unspecified atom stereocenters. The highest BCUT2D eigenvalue weighted by Gasteiger charge is 2.25. The van der Waals surface area contributed by atoms with Crippen LogP contribution >= 0.6 is 0 Å². The predicted octanol–water partition coefficient (Wildman–Crippen LogP) is 4.99. The van der Waals surface area contributed by atoms with E-state index in [9.17, 15) is 20.2 Å². The third kappa shape index (κ3) is 3.75. The second-order valence-electron chi connectivity index (χ2n) is 5.38. The van der Waals surface area contributed by atoms with E-state index < -0.39 is 9.85 Å². The van der Waals surface area contributed by atoms with Crippen molar-refractivity contribution in [2.75, 3.05) is 10.6 Å². The van der Waals surface area contributed by atoms with Crippen LogP contribution in [0.15, 0.2) is 72.8 Å². The molecule has 2 N–H and O–H groups in total. The summed E-state index contributed by atoms with van der Waals surface area (Å²) in [6.07, 6.45) is 0. The van der Waals surface area contributed by atoms with E-state index in [1.54, 1.807) is 48.5 Å². The quantitative estimate of drug-likeness (QED) is 0.478. The molecule has 130 valence electrons. The van der Waals surface area contributed by atoms with Gasteiger partial charge in [0.2, 0.25) is 0 Å². The van der Waals surface area contributed by atoms with Gasteiger partial charge in [0.1, 0.15) is 11.4 Å². The molecule has 0 amide bonds. The van der Waals surface area contributed by atoms with Crippen LogP contribution in [0.4, 0.5) is 34.1 Å². The molecular weight excluding hydrogens is 336 g/mol. The summed E-state index contributed by atoms with van der Waals surface area (Å²) in [7, 11) is 0. The lowest BCUT2D eigenvalue weighted by molar-refractivity contribution is -0.393. The van der Waals surface area contributed by atoms with Crippen molar-refractivity contribution >= 4 is 34.1 Å². The number of hydrogen-bond donors (Lipinski definition) is 2. The Morgan fingerprint density at radius 2 is 1.00 bits per heavy atom. The maximum atomic E-state index is 11.4. The number of nitrogens with zero attached hydrogens (tertiary/aromatic N) is 2. The minimum atomic E-state index is -0.648.